The second-order valence-electron chi connectivity index (χ2n) is 8.61. The normalized spacial score (nSPS) is 19.2. The van der Waals surface area contributed by atoms with Crippen LogP contribution in [0.25, 0.3) is 10.8 Å². The molecule has 160 valence electrons. The van der Waals surface area contributed by atoms with Gasteiger partial charge in [-0.1, -0.05) is 48.5 Å². The fourth-order valence-corrected chi connectivity index (χ4v) is 4.28. The maximum absolute atomic E-state index is 13.1. The summed E-state index contributed by atoms with van der Waals surface area (Å²) in [5.74, 6) is -0.219. The Kier molecular flexibility index (Phi) is 5.79. The Morgan fingerprint density at radius 2 is 1.84 bits per heavy atom. The first-order valence-corrected chi connectivity index (χ1v) is 10.8. The van der Waals surface area contributed by atoms with Crippen molar-refractivity contribution < 1.29 is 9.59 Å². The lowest BCUT2D eigenvalue weighted by atomic mass is 9.98. The third kappa shape index (κ3) is 4.32. The van der Waals surface area contributed by atoms with Crippen molar-refractivity contribution in [3.05, 3.63) is 77.4 Å². The van der Waals surface area contributed by atoms with Crippen LogP contribution in [0.5, 0.6) is 0 Å². The number of fused-ring (bicyclic) bond motifs is 1. The first-order valence-electron chi connectivity index (χ1n) is 10.8. The summed E-state index contributed by atoms with van der Waals surface area (Å²) in [6, 6.07) is 19.6. The highest BCUT2D eigenvalue weighted by Gasteiger charge is 2.35. The molecule has 0 spiro atoms. The van der Waals surface area contributed by atoms with E-state index in [1.807, 2.05) is 57.2 Å². The molecule has 0 saturated carbocycles. The number of amides is 2. The Morgan fingerprint density at radius 3 is 2.61 bits per heavy atom. The molecule has 2 amide bonds. The smallest absolute Gasteiger partial charge is 0.252 e. The minimum atomic E-state index is -0.559. The van der Waals surface area contributed by atoms with Crippen molar-refractivity contribution in [1.82, 2.24) is 10.6 Å². The van der Waals surface area contributed by atoms with Crippen LogP contribution in [-0.4, -0.2) is 23.9 Å². The monoisotopic (exact) mass is 415 g/mol. The quantitative estimate of drug-likeness (QED) is 0.565. The molecule has 5 nitrogen and oxygen atoms in total. The number of benzene rings is 3. The van der Waals surface area contributed by atoms with Gasteiger partial charge in [0, 0.05) is 11.3 Å². The molecule has 0 radical (unpaired) electrons. The SMILES string of the molecule is Cc1ccc(NC(=O)[C@@]2(C)CCCN2)cc1C(=O)N[C@H](C)c1cccc2ccccc12. The number of aryl methyl sites for hydroxylation is 1. The van der Waals surface area contributed by atoms with E-state index in [-0.39, 0.29) is 17.9 Å². The molecule has 1 heterocycles. The predicted molar refractivity (Wildman–Crippen MR) is 125 cm³/mol. The fourth-order valence-electron chi connectivity index (χ4n) is 4.28. The highest BCUT2D eigenvalue weighted by molar-refractivity contribution is 6.01. The largest absolute Gasteiger partial charge is 0.345 e. The van der Waals surface area contributed by atoms with Crippen LogP contribution in [0.1, 0.15) is 54.2 Å². The van der Waals surface area contributed by atoms with Gasteiger partial charge in [-0.25, -0.2) is 0 Å². The van der Waals surface area contributed by atoms with Gasteiger partial charge < -0.3 is 16.0 Å². The summed E-state index contributed by atoms with van der Waals surface area (Å²) in [7, 11) is 0. The van der Waals surface area contributed by atoms with Gasteiger partial charge in [-0.3, -0.25) is 9.59 Å². The molecular weight excluding hydrogens is 386 g/mol. The van der Waals surface area contributed by atoms with E-state index in [0.717, 1.165) is 41.3 Å². The van der Waals surface area contributed by atoms with Gasteiger partial charge in [0.2, 0.25) is 5.91 Å². The molecular formula is C26H29N3O2. The standard InChI is InChI=1S/C26H29N3O2/c1-17-12-13-20(29-25(31)26(3)14-7-15-27-26)16-23(17)24(30)28-18(2)21-11-6-9-19-8-4-5-10-22(19)21/h4-6,8-13,16,18,27H,7,14-15H2,1-3H3,(H,28,30)(H,29,31)/t18-,26-/m1/s1. The van der Waals surface area contributed by atoms with Crippen molar-refractivity contribution in [2.24, 2.45) is 0 Å². The van der Waals surface area contributed by atoms with Crippen LogP contribution in [0.2, 0.25) is 0 Å². The van der Waals surface area contributed by atoms with E-state index in [2.05, 4.69) is 34.1 Å². The average molecular weight is 416 g/mol. The zero-order valence-electron chi connectivity index (χ0n) is 18.3. The lowest BCUT2D eigenvalue weighted by Crippen LogP contribution is -2.48. The lowest BCUT2D eigenvalue weighted by molar-refractivity contribution is -0.121. The Hall–Kier alpha value is -3.18. The fraction of sp³-hybridized carbons (Fsp3) is 0.308. The second-order valence-corrected chi connectivity index (χ2v) is 8.61. The highest BCUT2D eigenvalue weighted by Crippen LogP contribution is 2.26. The summed E-state index contributed by atoms with van der Waals surface area (Å²) in [4.78, 5) is 25.8. The number of carbonyl (C=O) groups is 2. The number of hydrogen-bond donors (Lipinski definition) is 3. The molecule has 0 bridgehead atoms. The molecule has 3 aromatic rings. The molecule has 4 rings (SSSR count). The van der Waals surface area contributed by atoms with Gasteiger partial charge in [0.05, 0.1) is 11.6 Å². The molecule has 1 aliphatic rings. The Balaban J connectivity index is 1.53. The third-order valence-corrected chi connectivity index (χ3v) is 6.25. The summed E-state index contributed by atoms with van der Waals surface area (Å²) >= 11 is 0. The van der Waals surface area contributed by atoms with Gasteiger partial charge >= 0.3 is 0 Å². The third-order valence-electron chi connectivity index (χ3n) is 6.25. The van der Waals surface area contributed by atoms with Gasteiger partial charge in [0.25, 0.3) is 5.91 Å². The Morgan fingerprint density at radius 1 is 1.06 bits per heavy atom. The highest BCUT2D eigenvalue weighted by atomic mass is 16.2. The topological polar surface area (TPSA) is 70.2 Å². The number of hydrogen-bond acceptors (Lipinski definition) is 3. The van der Waals surface area contributed by atoms with E-state index in [1.165, 1.54) is 0 Å². The van der Waals surface area contributed by atoms with Crippen LogP contribution >= 0.6 is 0 Å². The van der Waals surface area contributed by atoms with Gasteiger partial charge in [-0.05, 0) is 74.2 Å². The van der Waals surface area contributed by atoms with E-state index in [1.54, 1.807) is 6.07 Å². The van der Waals surface area contributed by atoms with Gasteiger partial charge in [-0.15, -0.1) is 0 Å². The molecule has 0 aliphatic carbocycles. The van der Waals surface area contributed by atoms with Crippen LogP contribution in [0.4, 0.5) is 5.69 Å². The maximum Gasteiger partial charge on any atom is 0.252 e. The van der Waals surface area contributed by atoms with Crippen LogP contribution in [-0.2, 0) is 4.79 Å². The minimum Gasteiger partial charge on any atom is -0.345 e. The minimum absolute atomic E-state index is 0.0654. The number of carbonyl (C=O) groups excluding carboxylic acids is 2. The van der Waals surface area contributed by atoms with Crippen LogP contribution in [0.15, 0.2) is 60.7 Å². The molecule has 3 N–H and O–H groups in total. The maximum atomic E-state index is 13.1. The molecule has 0 aromatic heterocycles. The van der Waals surface area contributed by atoms with E-state index in [9.17, 15) is 9.59 Å². The summed E-state index contributed by atoms with van der Waals surface area (Å²) in [5.41, 5.74) is 2.58. The van der Waals surface area contributed by atoms with Gasteiger partial charge in [0.1, 0.15) is 0 Å². The molecule has 2 atom stereocenters. The van der Waals surface area contributed by atoms with E-state index in [0.29, 0.717) is 11.3 Å². The predicted octanol–water partition coefficient (Wildman–Crippen LogP) is 4.72. The zero-order valence-corrected chi connectivity index (χ0v) is 18.3. The first kappa shape index (κ1) is 21.1. The zero-order chi connectivity index (χ0) is 22.0. The second kappa shape index (κ2) is 8.52. The Labute approximate surface area is 183 Å². The van der Waals surface area contributed by atoms with Crippen LogP contribution in [0.3, 0.4) is 0 Å². The van der Waals surface area contributed by atoms with Crippen molar-refractivity contribution in [2.45, 2.75) is 45.2 Å². The Bertz CT molecular complexity index is 1130. The van der Waals surface area contributed by atoms with E-state index < -0.39 is 5.54 Å². The molecule has 1 fully saturated rings. The van der Waals surface area contributed by atoms with Crippen molar-refractivity contribution in [3.8, 4) is 0 Å². The summed E-state index contributed by atoms with van der Waals surface area (Å²) in [5, 5.41) is 11.6. The molecule has 1 aliphatic heterocycles. The number of rotatable bonds is 5. The van der Waals surface area contributed by atoms with Crippen molar-refractivity contribution in [1.29, 1.82) is 0 Å². The van der Waals surface area contributed by atoms with Crippen molar-refractivity contribution in [2.75, 3.05) is 11.9 Å². The summed E-state index contributed by atoms with van der Waals surface area (Å²) in [6.45, 7) is 6.66. The first-order chi connectivity index (χ1) is 14.9. The van der Waals surface area contributed by atoms with Gasteiger partial charge in [0.15, 0.2) is 0 Å². The number of nitrogens with one attached hydrogen (secondary N) is 3. The molecule has 5 heteroatoms. The number of anilines is 1. The van der Waals surface area contributed by atoms with Crippen molar-refractivity contribution >= 4 is 28.3 Å². The van der Waals surface area contributed by atoms with Crippen LogP contribution < -0.4 is 16.0 Å². The summed E-state index contributed by atoms with van der Waals surface area (Å²) < 4.78 is 0. The van der Waals surface area contributed by atoms with Crippen LogP contribution in [0, 0.1) is 6.92 Å². The molecule has 31 heavy (non-hydrogen) atoms. The van der Waals surface area contributed by atoms with E-state index >= 15 is 0 Å². The van der Waals surface area contributed by atoms with E-state index in [4.69, 9.17) is 0 Å². The molecule has 3 aromatic carbocycles. The summed E-state index contributed by atoms with van der Waals surface area (Å²) in [6.07, 6.45) is 1.79. The molecule has 1 saturated heterocycles. The molecule has 0 unspecified atom stereocenters. The average Bonchev–Trinajstić information content (AvgIpc) is 3.22. The van der Waals surface area contributed by atoms with Crippen molar-refractivity contribution in [3.63, 3.8) is 0 Å². The van der Waals surface area contributed by atoms with Gasteiger partial charge in [-0.2, -0.15) is 0 Å². The lowest BCUT2D eigenvalue weighted by Gasteiger charge is -2.23.